The van der Waals surface area contributed by atoms with E-state index in [2.05, 4.69) is 16.0 Å². The molecule has 1 aliphatic rings. The molecule has 70 valence electrons. The van der Waals surface area contributed by atoms with Gasteiger partial charge in [0.25, 0.3) is 0 Å². The summed E-state index contributed by atoms with van der Waals surface area (Å²) in [6, 6.07) is 8.06. The van der Waals surface area contributed by atoms with E-state index in [0.29, 0.717) is 6.67 Å². The normalized spacial score (nSPS) is 14.8. The van der Waals surface area contributed by atoms with Crippen molar-refractivity contribution < 1.29 is 4.42 Å². The fourth-order valence-electron chi connectivity index (χ4n) is 1.85. The van der Waals surface area contributed by atoms with Gasteiger partial charge < -0.3 is 9.32 Å². The lowest BCUT2D eigenvalue weighted by atomic mass is 10.2. The predicted octanol–water partition coefficient (Wildman–Crippen LogP) is 2.26. The SMILES string of the molecule is CN1CN=Cc2oc3ccccc3c21. The molecule has 0 saturated carbocycles. The topological polar surface area (TPSA) is 28.7 Å². The molecule has 1 aliphatic heterocycles. The minimum Gasteiger partial charge on any atom is -0.453 e. The van der Waals surface area contributed by atoms with Crippen molar-refractivity contribution in [1.29, 1.82) is 0 Å². The van der Waals surface area contributed by atoms with E-state index in [4.69, 9.17) is 4.42 Å². The van der Waals surface area contributed by atoms with Gasteiger partial charge in [0.1, 0.15) is 12.3 Å². The second-order valence-electron chi connectivity index (χ2n) is 3.46. The fourth-order valence-corrected chi connectivity index (χ4v) is 1.85. The van der Waals surface area contributed by atoms with Crippen LogP contribution in [0.15, 0.2) is 33.7 Å². The Kier molecular flexibility index (Phi) is 1.42. The Hall–Kier alpha value is -1.77. The number of nitrogens with zero attached hydrogens (tertiary/aromatic N) is 2. The molecule has 0 saturated heterocycles. The Labute approximate surface area is 81.7 Å². The Morgan fingerprint density at radius 2 is 2.21 bits per heavy atom. The van der Waals surface area contributed by atoms with Crippen LogP contribution >= 0.6 is 0 Å². The molecule has 2 aromatic rings. The Bertz CT molecular complexity index is 513. The number of hydrogen-bond acceptors (Lipinski definition) is 3. The number of fused-ring (bicyclic) bond motifs is 3. The average Bonchev–Trinajstić information content (AvgIpc) is 2.57. The van der Waals surface area contributed by atoms with Gasteiger partial charge >= 0.3 is 0 Å². The Morgan fingerprint density at radius 1 is 1.36 bits per heavy atom. The van der Waals surface area contributed by atoms with E-state index in [1.165, 1.54) is 0 Å². The van der Waals surface area contributed by atoms with Crippen LogP contribution in [0.25, 0.3) is 11.0 Å². The van der Waals surface area contributed by atoms with E-state index in [9.17, 15) is 0 Å². The van der Waals surface area contributed by atoms with Gasteiger partial charge in [-0.15, -0.1) is 0 Å². The standard InChI is InChI=1S/C11H10N2O/c1-13-7-12-6-10-11(13)8-4-2-3-5-9(8)14-10/h2-6H,7H2,1H3. The lowest BCUT2D eigenvalue weighted by Crippen LogP contribution is -2.20. The van der Waals surface area contributed by atoms with Crippen molar-refractivity contribution in [2.45, 2.75) is 0 Å². The summed E-state index contributed by atoms with van der Waals surface area (Å²) in [6.07, 6.45) is 1.80. The number of para-hydroxylation sites is 1. The summed E-state index contributed by atoms with van der Waals surface area (Å²) >= 11 is 0. The smallest absolute Gasteiger partial charge is 0.169 e. The highest BCUT2D eigenvalue weighted by atomic mass is 16.3. The van der Waals surface area contributed by atoms with Gasteiger partial charge in [0.2, 0.25) is 0 Å². The van der Waals surface area contributed by atoms with Crippen LogP contribution in [0.5, 0.6) is 0 Å². The first-order valence-corrected chi connectivity index (χ1v) is 4.59. The largest absolute Gasteiger partial charge is 0.453 e. The number of benzene rings is 1. The zero-order chi connectivity index (χ0) is 9.54. The number of furan rings is 1. The van der Waals surface area contributed by atoms with Crippen LogP contribution in [0.2, 0.25) is 0 Å². The average molecular weight is 186 g/mol. The highest BCUT2D eigenvalue weighted by Gasteiger charge is 2.18. The van der Waals surface area contributed by atoms with Gasteiger partial charge in [-0.3, -0.25) is 4.99 Å². The van der Waals surface area contributed by atoms with Gasteiger partial charge in [0.05, 0.1) is 11.9 Å². The molecular formula is C11H10N2O. The zero-order valence-corrected chi connectivity index (χ0v) is 7.90. The molecule has 0 fully saturated rings. The third kappa shape index (κ3) is 0.894. The number of anilines is 1. The monoisotopic (exact) mass is 186 g/mol. The van der Waals surface area contributed by atoms with Gasteiger partial charge in [-0.05, 0) is 12.1 Å². The van der Waals surface area contributed by atoms with Crippen LogP contribution in [0, 0.1) is 0 Å². The van der Waals surface area contributed by atoms with Crippen molar-refractivity contribution in [3.05, 3.63) is 30.0 Å². The quantitative estimate of drug-likeness (QED) is 0.631. The van der Waals surface area contributed by atoms with Crippen LogP contribution in [-0.2, 0) is 0 Å². The minimum atomic E-state index is 0.705. The lowest BCUT2D eigenvalue weighted by Gasteiger charge is -2.18. The van der Waals surface area contributed by atoms with Crippen LogP contribution in [0.1, 0.15) is 5.76 Å². The minimum absolute atomic E-state index is 0.705. The van der Waals surface area contributed by atoms with E-state index in [1.54, 1.807) is 6.21 Å². The van der Waals surface area contributed by atoms with Gasteiger partial charge in [-0.1, -0.05) is 12.1 Å². The predicted molar refractivity (Wildman–Crippen MR) is 57.1 cm³/mol. The van der Waals surface area contributed by atoms with Crippen molar-refractivity contribution in [1.82, 2.24) is 0 Å². The number of aliphatic imine (C=N–C) groups is 1. The summed E-state index contributed by atoms with van der Waals surface area (Å²) in [5.74, 6) is 0.861. The maximum atomic E-state index is 5.67. The second-order valence-corrected chi connectivity index (χ2v) is 3.46. The van der Waals surface area contributed by atoms with E-state index in [-0.39, 0.29) is 0 Å². The number of rotatable bonds is 0. The molecular weight excluding hydrogens is 176 g/mol. The molecule has 0 N–H and O–H groups in total. The summed E-state index contributed by atoms with van der Waals surface area (Å²) in [7, 11) is 2.03. The van der Waals surface area contributed by atoms with Crippen LogP contribution < -0.4 is 4.90 Å². The molecule has 0 spiro atoms. The molecule has 2 heterocycles. The molecule has 0 aliphatic carbocycles. The van der Waals surface area contributed by atoms with Crippen LogP contribution in [0.4, 0.5) is 5.69 Å². The molecule has 0 amide bonds. The van der Waals surface area contributed by atoms with Crippen LogP contribution in [0.3, 0.4) is 0 Å². The zero-order valence-electron chi connectivity index (χ0n) is 7.90. The molecule has 14 heavy (non-hydrogen) atoms. The van der Waals surface area contributed by atoms with Crippen LogP contribution in [-0.4, -0.2) is 19.9 Å². The molecule has 3 heteroatoms. The molecule has 0 atom stereocenters. The van der Waals surface area contributed by atoms with Gasteiger partial charge in [0.15, 0.2) is 5.76 Å². The van der Waals surface area contributed by atoms with E-state index >= 15 is 0 Å². The summed E-state index contributed by atoms with van der Waals surface area (Å²) in [4.78, 5) is 6.30. The van der Waals surface area contributed by atoms with E-state index in [1.807, 2.05) is 25.2 Å². The first-order chi connectivity index (χ1) is 6.86. The summed E-state index contributed by atoms with van der Waals surface area (Å²) in [5, 5.41) is 1.16. The van der Waals surface area contributed by atoms with E-state index < -0.39 is 0 Å². The first-order valence-electron chi connectivity index (χ1n) is 4.59. The summed E-state index contributed by atoms with van der Waals surface area (Å²) in [6.45, 7) is 0.705. The third-order valence-electron chi connectivity index (χ3n) is 2.48. The molecule has 3 nitrogen and oxygen atoms in total. The van der Waals surface area contributed by atoms with Gasteiger partial charge in [-0.2, -0.15) is 0 Å². The highest BCUT2D eigenvalue weighted by Crippen LogP contribution is 2.33. The first kappa shape index (κ1) is 7.62. The lowest BCUT2D eigenvalue weighted by molar-refractivity contribution is 0.603. The highest BCUT2D eigenvalue weighted by molar-refractivity contribution is 6.02. The maximum Gasteiger partial charge on any atom is 0.169 e. The van der Waals surface area contributed by atoms with Crippen molar-refractivity contribution in [3.63, 3.8) is 0 Å². The second kappa shape index (κ2) is 2.61. The third-order valence-corrected chi connectivity index (χ3v) is 2.48. The Morgan fingerprint density at radius 3 is 3.14 bits per heavy atom. The number of hydrogen-bond donors (Lipinski definition) is 0. The summed E-state index contributed by atoms with van der Waals surface area (Å²) < 4.78 is 5.67. The fraction of sp³-hybridized carbons (Fsp3) is 0.182. The molecule has 3 rings (SSSR count). The van der Waals surface area contributed by atoms with Crippen molar-refractivity contribution in [3.8, 4) is 0 Å². The van der Waals surface area contributed by atoms with Gasteiger partial charge in [-0.25, -0.2) is 0 Å². The summed E-state index contributed by atoms with van der Waals surface area (Å²) in [5.41, 5.74) is 2.08. The molecule has 0 bridgehead atoms. The molecule has 1 aromatic carbocycles. The molecule has 0 radical (unpaired) electrons. The van der Waals surface area contributed by atoms with Crippen molar-refractivity contribution in [2.75, 3.05) is 18.6 Å². The Balaban J connectivity index is 2.40. The molecule has 1 aromatic heterocycles. The van der Waals surface area contributed by atoms with Gasteiger partial charge in [0, 0.05) is 12.4 Å². The molecule has 0 unspecified atom stereocenters. The van der Waals surface area contributed by atoms with Crippen molar-refractivity contribution >= 4 is 22.9 Å². The van der Waals surface area contributed by atoms with E-state index in [0.717, 1.165) is 22.4 Å². The van der Waals surface area contributed by atoms with Crippen molar-refractivity contribution in [2.24, 2.45) is 4.99 Å². The maximum absolute atomic E-state index is 5.67.